The summed E-state index contributed by atoms with van der Waals surface area (Å²) in [5.74, 6) is 5.56. The van der Waals surface area contributed by atoms with Gasteiger partial charge in [-0.15, -0.1) is 0 Å². The normalized spacial score (nSPS) is 11.4. The van der Waals surface area contributed by atoms with E-state index < -0.39 is 0 Å². The van der Waals surface area contributed by atoms with Crippen LogP contribution in [-0.4, -0.2) is 42.2 Å². The van der Waals surface area contributed by atoms with Crippen molar-refractivity contribution in [2.24, 2.45) is 5.73 Å². The predicted molar refractivity (Wildman–Crippen MR) is 75.8 cm³/mol. The highest BCUT2D eigenvalue weighted by atomic mass is 16.3. The molecule has 0 spiro atoms. The molecule has 19 heavy (non-hydrogen) atoms. The smallest absolute Gasteiger partial charge is 0.254 e. The molecule has 102 valence electrons. The van der Waals surface area contributed by atoms with E-state index in [2.05, 4.69) is 11.8 Å². The number of hydrogen-bond acceptors (Lipinski definition) is 3. The molecule has 0 aliphatic rings. The lowest BCUT2D eigenvalue weighted by molar-refractivity contribution is 0.0681. The lowest BCUT2D eigenvalue weighted by Gasteiger charge is -2.24. The van der Waals surface area contributed by atoms with Crippen LogP contribution in [0.3, 0.4) is 0 Å². The number of hydrogen-bond donors (Lipinski definition) is 2. The van der Waals surface area contributed by atoms with E-state index in [1.54, 1.807) is 20.0 Å². The topological polar surface area (TPSA) is 66.6 Å². The van der Waals surface area contributed by atoms with Gasteiger partial charge in [-0.05, 0) is 31.5 Å². The van der Waals surface area contributed by atoms with Crippen molar-refractivity contribution in [1.82, 2.24) is 4.90 Å². The van der Waals surface area contributed by atoms with Gasteiger partial charge in [-0.25, -0.2) is 0 Å². The average molecular weight is 260 g/mol. The summed E-state index contributed by atoms with van der Waals surface area (Å²) in [6.07, 6.45) is 0. The minimum absolute atomic E-state index is 0.0616. The molecule has 0 heterocycles. The first kappa shape index (κ1) is 15.2. The van der Waals surface area contributed by atoms with Crippen molar-refractivity contribution in [3.63, 3.8) is 0 Å². The Morgan fingerprint density at radius 1 is 1.53 bits per heavy atom. The molecule has 3 N–H and O–H groups in total. The van der Waals surface area contributed by atoms with Gasteiger partial charge in [0.05, 0.1) is 19.2 Å². The Labute approximate surface area is 114 Å². The van der Waals surface area contributed by atoms with Gasteiger partial charge in [0.25, 0.3) is 5.91 Å². The molecular formula is C15H20N2O2. The Hall–Kier alpha value is -1.83. The number of likely N-dealkylation sites (N-methyl/N-ethyl adjacent to an activating group) is 1. The molecular weight excluding hydrogens is 240 g/mol. The molecule has 0 aliphatic heterocycles. The molecule has 1 unspecified atom stereocenters. The van der Waals surface area contributed by atoms with Gasteiger partial charge in [0, 0.05) is 18.2 Å². The molecule has 1 aromatic carbocycles. The molecule has 0 radical (unpaired) electrons. The van der Waals surface area contributed by atoms with Crippen LogP contribution >= 0.6 is 0 Å². The number of benzene rings is 1. The number of aliphatic hydroxyl groups excluding tert-OH is 1. The van der Waals surface area contributed by atoms with E-state index in [0.717, 1.165) is 11.1 Å². The molecule has 0 bridgehead atoms. The summed E-state index contributed by atoms with van der Waals surface area (Å²) in [6.45, 7) is 3.91. The van der Waals surface area contributed by atoms with Gasteiger partial charge in [-0.3, -0.25) is 4.79 Å². The van der Waals surface area contributed by atoms with Crippen molar-refractivity contribution >= 4 is 5.91 Å². The summed E-state index contributed by atoms with van der Waals surface area (Å²) in [7, 11) is 1.68. The van der Waals surface area contributed by atoms with E-state index >= 15 is 0 Å². The second kappa shape index (κ2) is 6.93. The SMILES string of the molecule is Cc1ccc(C#CCN)cc1C(=O)N(C)C(C)CO. The van der Waals surface area contributed by atoms with E-state index in [4.69, 9.17) is 10.8 Å². The van der Waals surface area contributed by atoms with Gasteiger partial charge in [0.15, 0.2) is 0 Å². The Kier molecular flexibility index (Phi) is 5.56. The molecule has 4 nitrogen and oxygen atoms in total. The largest absolute Gasteiger partial charge is 0.394 e. The maximum absolute atomic E-state index is 12.3. The molecule has 1 amide bonds. The zero-order valence-corrected chi connectivity index (χ0v) is 11.6. The third-order valence-electron chi connectivity index (χ3n) is 3.05. The van der Waals surface area contributed by atoms with Crippen LogP contribution in [0.5, 0.6) is 0 Å². The van der Waals surface area contributed by atoms with E-state index in [9.17, 15) is 4.79 Å². The molecule has 0 aromatic heterocycles. The number of nitrogens with two attached hydrogens (primary N) is 1. The van der Waals surface area contributed by atoms with E-state index in [1.807, 2.05) is 19.1 Å². The predicted octanol–water partition coefficient (Wildman–Crippen LogP) is 0.758. The van der Waals surface area contributed by atoms with Crippen LogP contribution in [0.4, 0.5) is 0 Å². The highest BCUT2D eigenvalue weighted by Crippen LogP contribution is 2.14. The van der Waals surface area contributed by atoms with Crippen molar-refractivity contribution in [3.05, 3.63) is 34.9 Å². The maximum atomic E-state index is 12.3. The van der Waals surface area contributed by atoms with Gasteiger partial charge in [0.2, 0.25) is 0 Å². The van der Waals surface area contributed by atoms with Crippen LogP contribution in [0.2, 0.25) is 0 Å². The summed E-state index contributed by atoms with van der Waals surface area (Å²) in [5, 5.41) is 9.11. The lowest BCUT2D eigenvalue weighted by atomic mass is 10.0. The van der Waals surface area contributed by atoms with E-state index in [-0.39, 0.29) is 18.6 Å². The summed E-state index contributed by atoms with van der Waals surface area (Å²) in [6, 6.07) is 5.28. The Morgan fingerprint density at radius 2 is 2.21 bits per heavy atom. The fourth-order valence-electron chi connectivity index (χ4n) is 1.60. The van der Waals surface area contributed by atoms with Crippen LogP contribution < -0.4 is 5.73 Å². The average Bonchev–Trinajstić information content (AvgIpc) is 2.43. The number of nitrogens with zero attached hydrogens (tertiary/aromatic N) is 1. The molecule has 1 rings (SSSR count). The fraction of sp³-hybridized carbons (Fsp3) is 0.400. The molecule has 0 saturated carbocycles. The van der Waals surface area contributed by atoms with Crippen LogP contribution in [0.25, 0.3) is 0 Å². The lowest BCUT2D eigenvalue weighted by Crippen LogP contribution is -2.37. The summed E-state index contributed by atoms with van der Waals surface area (Å²) in [5.41, 5.74) is 7.59. The number of carbonyl (C=O) groups is 1. The van der Waals surface area contributed by atoms with Crippen molar-refractivity contribution in [2.45, 2.75) is 19.9 Å². The minimum Gasteiger partial charge on any atom is -0.394 e. The van der Waals surface area contributed by atoms with Gasteiger partial charge in [0.1, 0.15) is 0 Å². The molecule has 4 heteroatoms. The van der Waals surface area contributed by atoms with E-state index in [0.29, 0.717) is 12.1 Å². The third kappa shape index (κ3) is 3.82. The fourth-order valence-corrected chi connectivity index (χ4v) is 1.60. The summed E-state index contributed by atoms with van der Waals surface area (Å²) in [4.78, 5) is 13.9. The number of amides is 1. The first-order valence-electron chi connectivity index (χ1n) is 6.18. The third-order valence-corrected chi connectivity index (χ3v) is 3.05. The first-order chi connectivity index (χ1) is 9.01. The monoisotopic (exact) mass is 260 g/mol. The van der Waals surface area contributed by atoms with Crippen LogP contribution in [0, 0.1) is 18.8 Å². The second-order valence-electron chi connectivity index (χ2n) is 4.48. The van der Waals surface area contributed by atoms with Crippen molar-refractivity contribution < 1.29 is 9.90 Å². The molecule has 1 atom stereocenters. The quantitative estimate of drug-likeness (QED) is 0.788. The maximum Gasteiger partial charge on any atom is 0.254 e. The van der Waals surface area contributed by atoms with Gasteiger partial charge in [-0.1, -0.05) is 17.9 Å². The second-order valence-corrected chi connectivity index (χ2v) is 4.48. The van der Waals surface area contributed by atoms with Crippen molar-refractivity contribution in [2.75, 3.05) is 20.2 Å². The standard InChI is InChI=1S/C15H20N2O2/c1-11-6-7-13(5-4-8-16)9-14(11)15(19)17(3)12(2)10-18/h6-7,9,12,18H,8,10,16H2,1-3H3. The Morgan fingerprint density at radius 3 is 2.79 bits per heavy atom. The summed E-state index contributed by atoms with van der Waals surface area (Å²) < 4.78 is 0. The molecule has 0 fully saturated rings. The van der Waals surface area contributed by atoms with Gasteiger partial charge >= 0.3 is 0 Å². The van der Waals surface area contributed by atoms with Crippen LogP contribution in [0.1, 0.15) is 28.4 Å². The Balaban J connectivity index is 3.08. The first-order valence-corrected chi connectivity index (χ1v) is 6.18. The Bertz CT molecular complexity index is 515. The number of aliphatic hydroxyl groups is 1. The van der Waals surface area contributed by atoms with Crippen molar-refractivity contribution in [3.8, 4) is 11.8 Å². The zero-order chi connectivity index (χ0) is 14.4. The summed E-state index contributed by atoms with van der Waals surface area (Å²) >= 11 is 0. The van der Waals surface area contributed by atoms with Gasteiger partial charge in [-0.2, -0.15) is 0 Å². The number of carbonyl (C=O) groups excluding carboxylic acids is 1. The highest BCUT2D eigenvalue weighted by molar-refractivity contribution is 5.96. The van der Waals surface area contributed by atoms with E-state index in [1.165, 1.54) is 4.90 Å². The highest BCUT2D eigenvalue weighted by Gasteiger charge is 2.18. The van der Waals surface area contributed by atoms with Crippen LogP contribution in [0.15, 0.2) is 18.2 Å². The van der Waals surface area contributed by atoms with Crippen molar-refractivity contribution in [1.29, 1.82) is 0 Å². The number of aryl methyl sites for hydroxylation is 1. The zero-order valence-electron chi connectivity index (χ0n) is 11.6. The molecule has 0 aliphatic carbocycles. The minimum atomic E-state index is -0.217. The molecule has 1 aromatic rings. The number of rotatable bonds is 3. The molecule has 0 saturated heterocycles. The van der Waals surface area contributed by atoms with Gasteiger partial charge < -0.3 is 15.7 Å². The van der Waals surface area contributed by atoms with Crippen LogP contribution in [-0.2, 0) is 0 Å².